The fourth-order valence-corrected chi connectivity index (χ4v) is 4.52. The molecule has 1 heterocycles. The number of carbonyl (C=O) groups excluding carboxylic acids is 1. The second kappa shape index (κ2) is 4.53. The first-order chi connectivity index (χ1) is 9.29. The molecular formula is C15H15Cl3O2. The second-order valence-corrected chi connectivity index (χ2v) is 7.24. The molecule has 0 unspecified atom stereocenters. The maximum Gasteiger partial charge on any atom is 0.339 e. The molecule has 3 rings (SSSR count). The highest BCUT2D eigenvalue weighted by molar-refractivity contribution is 6.41. The van der Waals surface area contributed by atoms with E-state index in [-0.39, 0.29) is 16.8 Å². The fraction of sp³-hybridized carbons (Fsp3) is 0.533. The van der Waals surface area contributed by atoms with Gasteiger partial charge in [0, 0.05) is 27.2 Å². The van der Waals surface area contributed by atoms with Crippen molar-refractivity contribution >= 4 is 40.8 Å². The van der Waals surface area contributed by atoms with Crippen LogP contribution in [0.3, 0.4) is 0 Å². The molecule has 0 aromatic heterocycles. The molecule has 5 heteroatoms. The Hall–Kier alpha value is -0.440. The number of hydrogen-bond acceptors (Lipinski definition) is 2. The molecule has 2 aliphatic carbocycles. The lowest BCUT2D eigenvalue weighted by molar-refractivity contribution is -0.133. The van der Waals surface area contributed by atoms with Crippen LogP contribution < -0.4 is 0 Å². The van der Waals surface area contributed by atoms with Crippen LogP contribution in [-0.4, -0.2) is 16.7 Å². The summed E-state index contributed by atoms with van der Waals surface area (Å²) in [5.41, 5.74) is 3.20. The zero-order valence-electron chi connectivity index (χ0n) is 11.5. The van der Waals surface area contributed by atoms with Crippen LogP contribution in [-0.2, 0) is 9.53 Å². The van der Waals surface area contributed by atoms with Crippen LogP contribution in [0, 0.1) is 5.41 Å². The van der Waals surface area contributed by atoms with Gasteiger partial charge in [0.05, 0.1) is 10.8 Å². The third-order valence-corrected chi connectivity index (χ3v) is 6.72. The Kier molecular flexibility index (Phi) is 3.28. The van der Waals surface area contributed by atoms with Gasteiger partial charge in [0.25, 0.3) is 0 Å². The van der Waals surface area contributed by atoms with Crippen molar-refractivity contribution in [3.05, 3.63) is 33.1 Å². The summed E-state index contributed by atoms with van der Waals surface area (Å²) in [6.45, 7) is 5.80. The number of ether oxygens (including phenoxy) is 1. The first-order valence-corrected chi connectivity index (χ1v) is 7.86. The first-order valence-electron chi connectivity index (χ1n) is 6.61. The van der Waals surface area contributed by atoms with Gasteiger partial charge >= 0.3 is 5.97 Å². The SMILES string of the molecule is CC1=C2CC[C@]3(C)C(=C2OC1=O)C(C)=C(Cl)[C@@H](Cl)[C@H]3Cl. The van der Waals surface area contributed by atoms with Gasteiger partial charge in [-0.25, -0.2) is 4.79 Å². The molecule has 0 bridgehead atoms. The zero-order chi connectivity index (χ0) is 14.8. The standard InChI is InChI=1S/C15H15Cl3O2/c1-6-8-4-5-15(3)9(12(8)20-14(6)19)7(2)10(16)11(17)13(15)18/h11,13H,4-5H2,1-3H3/t11-,13-,15-/m1/s1. The quantitative estimate of drug-likeness (QED) is 0.476. The molecule has 0 fully saturated rings. The van der Waals surface area contributed by atoms with Crippen LogP contribution in [0.15, 0.2) is 33.1 Å². The van der Waals surface area contributed by atoms with Gasteiger partial charge in [-0.15, -0.1) is 23.2 Å². The van der Waals surface area contributed by atoms with Crippen LogP contribution in [0.1, 0.15) is 33.6 Å². The number of fused-ring (bicyclic) bond motifs is 2. The molecule has 3 atom stereocenters. The fourth-order valence-electron chi connectivity index (χ4n) is 3.45. The van der Waals surface area contributed by atoms with Gasteiger partial charge in [0.2, 0.25) is 0 Å². The van der Waals surface area contributed by atoms with Gasteiger partial charge in [-0.2, -0.15) is 0 Å². The summed E-state index contributed by atoms with van der Waals surface area (Å²) in [5, 5.41) is -0.172. The monoisotopic (exact) mass is 332 g/mol. The van der Waals surface area contributed by atoms with Crippen LogP contribution in [0.25, 0.3) is 0 Å². The third-order valence-electron chi connectivity index (χ3n) is 4.76. The van der Waals surface area contributed by atoms with Gasteiger partial charge in [-0.05, 0) is 32.3 Å². The van der Waals surface area contributed by atoms with Crippen LogP contribution >= 0.6 is 34.8 Å². The summed E-state index contributed by atoms with van der Waals surface area (Å²) in [5.74, 6) is 0.390. The number of halogens is 3. The molecule has 0 amide bonds. The van der Waals surface area contributed by atoms with Crippen LogP contribution in [0.5, 0.6) is 0 Å². The summed E-state index contributed by atoms with van der Waals surface area (Å²) in [7, 11) is 0. The molecule has 0 aromatic carbocycles. The Bertz CT molecular complexity index is 615. The van der Waals surface area contributed by atoms with Gasteiger partial charge < -0.3 is 4.74 Å². The largest absolute Gasteiger partial charge is 0.423 e. The number of allylic oxidation sites excluding steroid dienone is 4. The minimum Gasteiger partial charge on any atom is -0.423 e. The van der Waals surface area contributed by atoms with Crippen molar-refractivity contribution in [3.63, 3.8) is 0 Å². The minimum absolute atomic E-state index is 0.269. The van der Waals surface area contributed by atoms with Crippen LogP contribution in [0.4, 0.5) is 0 Å². The van der Waals surface area contributed by atoms with E-state index in [9.17, 15) is 4.79 Å². The number of hydrogen-bond donors (Lipinski definition) is 0. The van der Waals surface area contributed by atoms with E-state index in [1.807, 2.05) is 6.92 Å². The topological polar surface area (TPSA) is 26.3 Å². The van der Waals surface area contributed by atoms with Crippen molar-refractivity contribution in [3.8, 4) is 0 Å². The van der Waals surface area contributed by atoms with Gasteiger partial charge in [0.15, 0.2) is 0 Å². The predicted octanol–water partition coefficient (Wildman–Crippen LogP) is 4.66. The summed E-state index contributed by atoms with van der Waals surface area (Å²) in [4.78, 5) is 11.8. The molecule has 0 N–H and O–H groups in total. The molecule has 0 saturated carbocycles. The first kappa shape index (κ1) is 14.5. The third kappa shape index (κ3) is 1.68. The van der Waals surface area contributed by atoms with E-state index in [1.165, 1.54) is 0 Å². The lowest BCUT2D eigenvalue weighted by atomic mass is 9.64. The number of rotatable bonds is 0. The van der Waals surface area contributed by atoms with Gasteiger partial charge in [-0.3, -0.25) is 0 Å². The highest BCUT2D eigenvalue weighted by Gasteiger charge is 2.52. The minimum atomic E-state index is -0.406. The average Bonchev–Trinajstić information content (AvgIpc) is 2.69. The molecule has 20 heavy (non-hydrogen) atoms. The van der Waals surface area contributed by atoms with Crippen molar-refractivity contribution in [2.45, 2.75) is 44.4 Å². The Balaban J connectivity index is 2.31. The molecule has 3 aliphatic rings. The van der Waals surface area contributed by atoms with Gasteiger partial charge in [0.1, 0.15) is 5.76 Å². The van der Waals surface area contributed by atoms with Crippen molar-refractivity contribution in [2.75, 3.05) is 0 Å². The Morgan fingerprint density at radius 1 is 1.25 bits per heavy atom. The van der Waals surface area contributed by atoms with Crippen LogP contribution in [0.2, 0.25) is 0 Å². The number of esters is 1. The van der Waals surface area contributed by atoms with E-state index < -0.39 is 5.38 Å². The zero-order valence-corrected chi connectivity index (χ0v) is 13.8. The molecule has 2 nitrogen and oxygen atoms in total. The average molecular weight is 334 g/mol. The molecule has 0 aromatic rings. The molecule has 1 aliphatic heterocycles. The Morgan fingerprint density at radius 3 is 2.55 bits per heavy atom. The molecule has 108 valence electrons. The lowest BCUT2D eigenvalue weighted by Gasteiger charge is -2.46. The predicted molar refractivity (Wildman–Crippen MR) is 81.0 cm³/mol. The normalized spacial score (nSPS) is 37.2. The second-order valence-electron chi connectivity index (χ2n) is 5.89. The molecule has 0 radical (unpaired) electrons. The summed E-state index contributed by atoms with van der Waals surface area (Å²) >= 11 is 19.3. The summed E-state index contributed by atoms with van der Waals surface area (Å²) in [6, 6.07) is 0. The highest BCUT2D eigenvalue weighted by atomic mass is 35.5. The summed E-state index contributed by atoms with van der Waals surface area (Å²) in [6.07, 6.45) is 1.62. The molecule has 0 spiro atoms. The van der Waals surface area contributed by atoms with E-state index in [0.717, 1.165) is 29.6 Å². The highest BCUT2D eigenvalue weighted by Crippen LogP contribution is 2.57. The number of alkyl halides is 2. The van der Waals surface area contributed by atoms with Gasteiger partial charge in [-0.1, -0.05) is 18.5 Å². The van der Waals surface area contributed by atoms with E-state index in [4.69, 9.17) is 39.5 Å². The smallest absolute Gasteiger partial charge is 0.339 e. The molecular weight excluding hydrogens is 319 g/mol. The maximum absolute atomic E-state index is 11.8. The number of carbonyl (C=O) groups is 1. The van der Waals surface area contributed by atoms with E-state index in [1.54, 1.807) is 6.92 Å². The van der Waals surface area contributed by atoms with E-state index >= 15 is 0 Å². The maximum atomic E-state index is 11.8. The summed E-state index contributed by atoms with van der Waals surface area (Å²) < 4.78 is 5.49. The van der Waals surface area contributed by atoms with Crippen molar-refractivity contribution in [1.82, 2.24) is 0 Å². The Morgan fingerprint density at radius 2 is 1.90 bits per heavy atom. The lowest BCUT2D eigenvalue weighted by Crippen LogP contribution is -2.43. The van der Waals surface area contributed by atoms with Crippen molar-refractivity contribution in [1.29, 1.82) is 0 Å². The Labute approximate surface area is 133 Å². The van der Waals surface area contributed by atoms with Crippen molar-refractivity contribution < 1.29 is 9.53 Å². The van der Waals surface area contributed by atoms with E-state index in [2.05, 4.69) is 6.92 Å². The van der Waals surface area contributed by atoms with Crippen molar-refractivity contribution in [2.24, 2.45) is 5.41 Å². The molecule has 0 saturated heterocycles. The van der Waals surface area contributed by atoms with E-state index in [0.29, 0.717) is 16.4 Å².